The smallest absolute Gasteiger partial charge is 0.404 e. The summed E-state index contributed by atoms with van der Waals surface area (Å²) in [6, 6.07) is 7.27. The van der Waals surface area contributed by atoms with Crippen molar-refractivity contribution in [2.45, 2.75) is 11.8 Å². The zero-order valence-corrected chi connectivity index (χ0v) is 10.9. The van der Waals surface area contributed by atoms with Crippen molar-refractivity contribution in [1.29, 1.82) is 0 Å². The molecular weight excluding hydrogens is 254 g/mol. The highest BCUT2D eigenvalue weighted by Gasteiger charge is 2.09. The Hall–Kier alpha value is -1.40. The first-order valence-corrected chi connectivity index (χ1v) is 6.62. The van der Waals surface area contributed by atoms with Crippen LogP contribution in [0.15, 0.2) is 24.3 Å². The summed E-state index contributed by atoms with van der Waals surface area (Å²) in [5.41, 5.74) is 1.13. The maximum absolute atomic E-state index is 10.4. The Bertz CT molecular complexity index is 369. The van der Waals surface area contributed by atoms with E-state index in [-0.39, 0.29) is 6.61 Å². The van der Waals surface area contributed by atoms with Gasteiger partial charge in [-0.2, -0.15) is 11.8 Å². The van der Waals surface area contributed by atoms with Crippen LogP contribution in [0.25, 0.3) is 0 Å². The summed E-state index contributed by atoms with van der Waals surface area (Å²) >= 11 is 1.57. The van der Waals surface area contributed by atoms with Crippen molar-refractivity contribution in [3.8, 4) is 5.75 Å². The lowest BCUT2D eigenvalue weighted by Gasteiger charge is -2.13. The lowest BCUT2D eigenvalue weighted by Crippen LogP contribution is -2.38. The number of nitrogens with one attached hydrogen (secondary N) is 1. The van der Waals surface area contributed by atoms with Crippen molar-refractivity contribution in [3.63, 3.8) is 0 Å². The number of amides is 1. The monoisotopic (exact) mass is 271 g/mol. The van der Waals surface area contributed by atoms with Crippen LogP contribution in [0.1, 0.15) is 5.56 Å². The summed E-state index contributed by atoms with van der Waals surface area (Å²) in [6.45, 7) is -0.193. The lowest BCUT2D eigenvalue weighted by atomic mass is 10.2. The van der Waals surface area contributed by atoms with Gasteiger partial charge in [0.2, 0.25) is 0 Å². The highest BCUT2D eigenvalue weighted by molar-refractivity contribution is 7.98. The molecule has 5 nitrogen and oxygen atoms in total. The lowest BCUT2D eigenvalue weighted by molar-refractivity contribution is 0.181. The molecule has 0 bridgehead atoms. The van der Waals surface area contributed by atoms with Gasteiger partial charge in [0.05, 0.1) is 19.8 Å². The molecule has 3 N–H and O–H groups in total. The Labute approximate surface area is 110 Å². The predicted octanol–water partition coefficient (Wildman–Crippen LogP) is 1.56. The fourth-order valence-electron chi connectivity index (χ4n) is 1.36. The number of aliphatic hydroxyl groups is 1. The van der Waals surface area contributed by atoms with E-state index < -0.39 is 12.1 Å². The van der Waals surface area contributed by atoms with Gasteiger partial charge in [0.25, 0.3) is 0 Å². The van der Waals surface area contributed by atoms with Crippen LogP contribution in [0.4, 0.5) is 4.79 Å². The van der Waals surface area contributed by atoms with E-state index in [1.54, 1.807) is 18.9 Å². The minimum atomic E-state index is -1.11. The molecule has 6 heteroatoms. The van der Waals surface area contributed by atoms with Crippen molar-refractivity contribution < 1.29 is 19.7 Å². The minimum Gasteiger partial charge on any atom is -0.497 e. The van der Waals surface area contributed by atoms with Crippen LogP contribution < -0.4 is 10.1 Å². The van der Waals surface area contributed by atoms with Gasteiger partial charge in [-0.3, -0.25) is 0 Å². The molecule has 0 radical (unpaired) electrons. The van der Waals surface area contributed by atoms with Crippen molar-refractivity contribution in [2.24, 2.45) is 0 Å². The van der Waals surface area contributed by atoms with Gasteiger partial charge in [0.1, 0.15) is 5.75 Å². The highest BCUT2D eigenvalue weighted by atomic mass is 32.2. The molecule has 0 aromatic heterocycles. The molecule has 1 aromatic carbocycles. The van der Waals surface area contributed by atoms with Gasteiger partial charge in [0, 0.05) is 11.5 Å². The van der Waals surface area contributed by atoms with E-state index in [1.807, 2.05) is 24.3 Å². The molecule has 0 spiro atoms. The van der Waals surface area contributed by atoms with Gasteiger partial charge >= 0.3 is 6.09 Å². The van der Waals surface area contributed by atoms with Crippen molar-refractivity contribution in [2.75, 3.05) is 19.5 Å². The van der Waals surface area contributed by atoms with Crippen LogP contribution in [0.5, 0.6) is 5.75 Å². The summed E-state index contributed by atoms with van der Waals surface area (Å²) < 4.78 is 5.06. The third-order valence-electron chi connectivity index (χ3n) is 2.29. The molecule has 0 aliphatic heterocycles. The standard InChI is InChI=1S/C12H17NO4S/c1-17-11-4-2-9(3-5-11)7-18-8-10(6-14)13-12(15)16/h2-5,10,13-14H,6-8H2,1H3,(H,15,16)/t10-/m1/s1. The molecule has 0 aliphatic carbocycles. The molecule has 0 saturated heterocycles. The number of aliphatic hydroxyl groups excluding tert-OH is 1. The first kappa shape index (κ1) is 14.7. The van der Waals surface area contributed by atoms with Crippen LogP contribution in [0, 0.1) is 0 Å². The summed E-state index contributed by atoms with van der Waals surface area (Å²) in [6.07, 6.45) is -1.11. The third-order valence-corrected chi connectivity index (χ3v) is 3.47. The number of hydrogen-bond acceptors (Lipinski definition) is 4. The third kappa shape index (κ3) is 5.29. The molecule has 1 amide bonds. The second kappa shape index (κ2) is 7.84. The van der Waals surface area contributed by atoms with Gasteiger partial charge in [-0.05, 0) is 17.7 Å². The van der Waals surface area contributed by atoms with Crippen molar-refractivity contribution in [3.05, 3.63) is 29.8 Å². The van der Waals surface area contributed by atoms with Crippen LogP contribution in [0.2, 0.25) is 0 Å². The summed E-state index contributed by atoms with van der Waals surface area (Å²) in [5, 5.41) is 19.8. The number of ether oxygens (including phenoxy) is 1. The fraction of sp³-hybridized carbons (Fsp3) is 0.417. The normalized spacial score (nSPS) is 11.9. The van der Waals surface area contributed by atoms with E-state index in [1.165, 1.54) is 0 Å². The topological polar surface area (TPSA) is 78.8 Å². The van der Waals surface area contributed by atoms with E-state index in [0.717, 1.165) is 17.1 Å². The van der Waals surface area contributed by atoms with E-state index >= 15 is 0 Å². The molecular formula is C12H17NO4S. The SMILES string of the molecule is COc1ccc(CSC[C@@H](CO)NC(=O)O)cc1. The molecule has 0 heterocycles. The largest absolute Gasteiger partial charge is 0.497 e. The first-order chi connectivity index (χ1) is 8.65. The molecule has 18 heavy (non-hydrogen) atoms. The van der Waals surface area contributed by atoms with Crippen molar-refractivity contribution in [1.82, 2.24) is 5.32 Å². The Kier molecular flexibility index (Phi) is 6.38. The molecule has 0 saturated carbocycles. The number of thioether (sulfide) groups is 1. The molecule has 0 aliphatic rings. The van der Waals surface area contributed by atoms with Gasteiger partial charge < -0.3 is 20.3 Å². The molecule has 100 valence electrons. The molecule has 0 fully saturated rings. The van der Waals surface area contributed by atoms with E-state index in [2.05, 4.69) is 5.32 Å². The maximum atomic E-state index is 10.4. The number of benzene rings is 1. The minimum absolute atomic E-state index is 0.193. The fourth-order valence-corrected chi connectivity index (χ4v) is 2.37. The van der Waals surface area contributed by atoms with Gasteiger partial charge in [0.15, 0.2) is 0 Å². The van der Waals surface area contributed by atoms with Gasteiger partial charge in [-0.25, -0.2) is 4.79 Å². The predicted molar refractivity (Wildman–Crippen MR) is 71.2 cm³/mol. The average molecular weight is 271 g/mol. The average Bonchev–Trinajstić information content (AvgIpc) is 2.38. The molecule has 1 aromatic rings. The Balaban J connectivity index is 2.33. The zero-order valence-electron chi connectivity index (χ0n) is 10.1. The highest BCUT2D eigenvalue weighted by Crippen LogP contribution is 2.17. The Morgan fingerprint density at radius 1 is 1.44 bits per heavy atom. The Morgan fingerprint density at radius 3 is 2.61 bits per heavy atom. The van der Waals surface area contributed by atoms with Crippen LogP contribution >= 0.6 is 11.8 Å². The van der Waals surface area contributed by atoms with Crippen LogP contribution in [-0.2, 0) is 5.75 Å². The number of methoxy groups -OCH3 is 1. The molecule has 0 unspecified atom stereocenters. The van der Waals surface area contributed by atoms with Crippen LogP contribution in [0.3, 0.4) is 0 Å². The van der Waals surface area contributed by atoms with Gasteiger partial charge in [-0.15, -0.1) is 0 Å². The van der Waals surface area contributed by atoms with E-state index in [0.29, 0.717) is 5.75 Å². The second-order valence-electron chi connectivity index (χ2n) is 3.69. The quantitative estimate of drug-likeness (QED) is 0.701. The number of carboxylic acid groups (broad SMARTS) is 1. The van der Waals surface area contributed by atoms with E-state index in [9.17, 15) is 4.79 Å². The number of hydrogen-bond donors (Lipinski definition) is 3. The number of rotatable bonds is 7. The van der Waals surface area contributed by atoms with Crippen LogP contribution in [-0.4, -0.2) is 41.8 Å². The summed E-state index contributed by atoms with van der Waals surface area (Å²) in [4.78, 5) is 10.4. The number of carbonyl (C=O) groups is 1. The summed E-state index contributed by atoms with van der Waals surface area (Å²) in [5.74, 6) is 2.11. The van der Waals surface area contributed by atoms with E-state index in [4.69, 9.17) is 14.9 Å². The second-order valence-corrected chi connectivity index (χ2v) is 4.72. The maximum Gasteiger partial charge on any atom is 0.404 e. The first-order valence-electron chi connectivity index (χ1n) is 5.46. The van der Waals surface area contributed by atoms with Gasteiger partial charge in [-0.1, -0.05) is 12.1 Å². The summed E-state index contributed by atoms with van der Waals surface area (Å²) in [7, 11) is 1.62. The molecule has 1 rings (SSSR count). The molecule has 1 atom stereocenters. The zero-order chi connectivity index (χ0) is 13.4. The van der Waals surface area contributed by atoms with Crippen molar-refractivity contribution >= 4 is 17.9 Å². The Morgan fingerprint density at radius 2 is 2.11 bits per heavy atom.